The number of carbonyl (C=O) groups excluding carboxylic acids is 1. The highest BCUT2D eigenvalue weighted by Gasteiger charge is 2.36. The molecular weight excluding hydrogens is 329 g/mol. The number of hydrogen-bond acceptors (Lipinski definition) is 5. The van der Waals surface area contributed by atoms with Gasteiger partial charge in [0.15, 0.2) is 5.82 Å². The molecular formula is C17H20FN3O4. The molecule has 1 fully saturated rings. The highest BCUT2D eigenvalue weighted by atomic mass is 19.1. The maximum Gasteiger partial charge on any atom is 0.290 e. The lowest BCUT2D eigenvalue weighted by molar-refractivity contribution is -0.0622. The van der Waals surface area contributed by atoms with Crippen molar-refractivity contribution in [2.24, 2.45) is 7.05 Å². The van der Waals surface area contributed by atoms with E-state index in [1.165, 1.54) is 23.1 Å². The van der Waals surface area contributed by atoms with E-state index in [1.54, 1.807) is 30.1 Å². The predicted molar refractivity (Wildman–Crippen MR) is 86.8 cm³/mol. The second-order valence-corrected chi connectivity index (χ2v) is 6.11. The number of carbonyl (C=O) groups is 1. The van der Waals surface area contributed by atoms with Gasteiger partial charge in [0.05, 0.1) is 19.8 Å². The van der Waals surface area contributed by atoms with Crippen LogP contribution in [0.3, 0.4) is 0 Å². The number of amides is 1. The summed E-state index contributed by atoms with van der Waals surface area (Å²) in [7, 11) is 1.73. The van der Waals surface area contributed by atoms with Gasteiger partial charge in [-0.1, -0.05) is 6.07 Å². The Hall–Kier alpha value is -2.45. The van der Waals surface area contributed by atoms with Crippen LogP contribution in [0.4, 0.5) is 4.39 Å². The molecule has 25 heavy (non-hydrogen) atoms. The molecule has 1 aromatic carbocycles. The van der Waals surface area contributed by atoms with Crippen LogP contribution in [0.1, 0.15) is 10.6 Å². The second kappa shape index (κ2) is 7.20. The number of aliphatic hydroxyl groups is 1. The van der Waals surface area contributed by atoms with E-state index in [1.807, 2.05) is 0 Å². The first-order valence-electron chi connectivity index (χ1n) is 7.92. The van der Waals surface area contributed by atoms with Crippen LogP contribution in [0, 0.1) is 5.82 Å². The van der Waals surface area contributed by atoms with Crippen LogP contribution in [0.2, 0.25) is 0 Å². The highest BCUT2D eigenvalue weighted by Crippen LogP contribution is 2.18. The first kappa shape index (κ1) is 17.4. The number of imidazole rings is 1. The molecule has 0 aliphatic carbocycles. The van der Waals surface area contributed by atoms with Crippen molar-refractivity contribution in [2.75, 3.05) is 32.9 Å². The lowest BCUT2D eigenvalue weighted by Crippen LogP contribution is -2.50. The second-order valence-electron chi connectivity index (χ2n) is 6.11. The summed E-state index contributed by atoms with van der Waals surface area (Å²) < 4.78 is 25.8. The van der Waals surface area contributed by atoms with Gasteiger partial charge < -0.3 is 24.0 Å². The van der Waals surface area contributed by atoms with Crippen LogP contribution < -0.4 is 4.74 Å². The normalized spacial score (nSPS) is 21.0. The first-order valence-corrected chi connectivity index (χ1v) is 7.92. The van der Waals surface area contributed by atoms with Gasteiger partial charge >= 0.3 is 0 Å². The molecule has 1 aliphatic rings. The van der Waals surface area contributed by atoms with Crippen LogP contribution in [0.25, 0.3) is 0 Å². The quantitative estimate of drug-likeness (QED) is 0.885. The van der Waals surface area contributed by atoms with Crippen molar-refractivity contribution in [1.29, 1.82) is 0 Å². The van der Waals surface area contributed by atoms with Crippen molar-refractivity contribution in [3.8, 4) is 5.75 Å². The summed E-state index contributed by atoms with van der Waals surface area (Å²) in [5.41, 5.74) is -1.40. The van der Waals surface area contributed by atoms with E-state index in [-0.39, 0.29) is 31.5 Å². The number of nitrogens with zero attached hydrogens (tertiary/aromatic N) is 3. The highest BCUT2D eigenvalue weighted by molar-refractivity contribution is 5.90. The van der Waals surface area contributed by atoms with E-state index in [0.717, 1.165) is 0 Å². The summed E-state index contributed by atoms with van der Waals surface area (Å²) in [6, 6.07) is 5.66. The number of hydrogen-bond donors (Lipinski definition) is 1. The zero-order valence-corrected chi connectivity index (χ0v) is 13.9. The Morgan fingerprint density at radius 2 is 2.36 bits per heavy atom. The molecule has 0 bridgehead atoms. The maximum absolute atomic E-state index is 13.2. The van der Waals surface area contributed by atoms with Gasteiger partial charge in [-0.2, -0.15) is 0 Å². The fourth-order valence-corrected chi connectivity index (χ4v) is 2.67. The minimum Gasteiger partial charge on any atom is -0.490 e. The summed E-state index contributed by atoms with van der Waals surface area (Å²) in [4.78, 5) is 18.2. The van der Waals surface area contributed by atoms with Gasteiger partial charge in [-0.15, -0.1) is 0 Å². The van der Waals surface area contributed by atoms with E-state index in [2.05, 4.69) is 4.98 Å². The molecule has 0 radical (unpaired) electrons. The third-order valence-electron chi connectivity index (χ3n) is 3.96. The molecule has 7 nitrogen and oxygen atoms in total. The Kier molecular flexibility index (Phi) is 5.00. The van der Waals surface area contributed by atoms with E-state index in [4.69, 9.17) is 9.47 Å². The zero-order chi connectivity index (χ0) is 17.9. The summed E-state index contributed by atoms with van der Waals surface area (Å²) in [6.45, 7) is 0.577. The van der Waals surface area contributed by atoms with Crippen molar-refractivity contribution < 1.29 is 23.8 Å². The number of benzene rings is 1. The molecule has 2 heterocycles. The molecule has 1 N–H and O–H groups in total. The Balaban J connectivity index is 1.70. The summed E-state index contributed by atoms with van der Waals surface area (Å²) >= 11 is 0. The Bertz CT molecular complexity index is 751. The van der Waals surface area contributed by atoms with Crippen LogP contribution in [-0.2, 0) is 11.8 Å². The van der Waals surface area contributed by atoms with Gasteiger partial charge in [0.2, 0.25) is 0 Å². The lowest BCUT2D eigenvalue weighted by Gasteiger charge is -2.30. The zero-order valence-electron chi connectivity index (χ0n) is 13.9. The summed E-state index contributed by atoms with van der Waals surface area (Å²) in [5.74, 6) is -0.120. The number of aryl methyl sites for hydroxylation is 1. The van der Waals surface area contributed by atoms with E-state index in [0.29, 0.717) is 18.9 Å². The van der Waals surface area contributed by atoms with Gasteiger partial charge in [-0.3, -0.25) is 4.79 Å². The van der Waals surface area contributed by atoms with Crippen molar-refractivity contribution in [2.45, 2.75) is 5.60 Å². The fraction of sp³-hybridized carbons (Fsp3) is 0.412. The van der Waals surface area contributed by atoms with Gasteiger partial charge in [0.25, 0.3) is 5.91 Å². The molecule has 134 valence electrons. The fourth-order valence-electron chi connectivity index (χ4n) is 2.67. The Labute approximate surface area is 144 Å². The van der Waals surface area contributed by atoms with Gasteiger partial charge in [-0.05, 0) is 12.1 Å². The standard InChI is InChI=1S/C17H20FN3O4/c1-20-6-5-19-15(20)16(22)21-7-8-24-11-17(23,10-21)12-25-14-4-2-3-13(18)9-14/h2-6,9,23H,7-8,10-12H2,1H3. The number of rotatable bonds is 4. The average Bonchev–Trinajstić information content (AvgIpc) is 2.91. The number of aromatic nitrogens is 2. The van der Waals surface area contributed by atoms with Gasteiger partial charge in [-0.25, -0.2) is 9.37 Å². The van der Waals surface area contributed by atoms with Crippen molar-refractivity contribution in [3.63, 3.8) is 0 Å². The molecule has 2 aromatic rings. The molecule has 1 saturated heterocycles. The molecule has 1 unspecified atom stereocenters. The minimum absolute atomic E-state index is 0.0205. The smallest absolute Gasteiger partial charge is 0.290 e. The molecule has 1 aromatic heterocycles. The van der Waals surface area contributed by atoms with Crippen molar-refractivity contribution >= 4 is 5.91 Å². The number of halogens is 1. The number of β-amino-alcohol motifs (C(OH)–C–C–N with tert-alkyl or cyclic N) is 1. The Morgan fingerprint density at radius 3 is 3.08 bits per heavy atom. The van der Waals surface area contributed by atoms with Gasteiger partial charge in [0, 0.05) is 32.1 Å². The molecule has 0 saturated carbocycles. The van der Waals surface area contributed by atoms with Gasteiger partial charge in [0.1, 0.15) is 23.8 Å². The minimum atomic E-state index is -1.40. The lowest BCUT2D eigenvalue weighted by atomic mass is 10.1. The molecule has 1 amide bonds. The van der Waals surface area contributed by atoms with Crippen molar-refractivity contribution in [1.82, 2.24) is 14.5 Å². The van der Waals surface area contributed by atoms with Crippen LogP contribution >= 0.6 is 0 Å². The maximum atomic E-state index is 13.2. The molecule has 8 heteroatoms. The number of ether oxygens (including phenoxy) is 2. The van der Waals surface area contributed by atoms with Crippen LogP contribution in [-0.4, -0.2) is 64.0 Å². The first-order chi connectivity index (χ1) is 12.0. The predicted octanol–water partition coefficient (Wildman–Crippen LogP) is 0.842. The molecule has 1 aliphatic heterocycles. The third kappa shape index (κ3) is 4.15. The summed E-state index contributed by atoms with van der Waals surface area (Å²) in [5, 5.41) is 10.8. The van der Waals surface area contributed by atoms with E-state index in [9.17, 15) is 14.3 Å². The molecule has 0 spiro atoms. The molecule has 3 rings (SSSR count). The monoisotopic (exact) mass is 349 g/mol. The van der Waals surface area contributed by atoms with E-state index < -0.39 is 11.4 Å². The van der Waals surface area contributed by atoms with Crippen LogP contribution in [0.5, 0.6) is 5.75 Å². The summed E-state index contributed by atoms with van der Waals surface area (Å²) in [6.07, 6.45) is 3.22. The molecule has 1 atom stereocenters. The topological polar surface area (TPSA) is 76.8 Å². The van der Waals surface area contributed by atoms with Crippen LogP contribution in [0.15, 0.2) is 36.7 Å². The largest absolute Gasteiger partial charge is 0.490 e. The Morgan fingerprint density at radius 1 is 1.52 bits per heavy atom. The van der Waals surface area contributed by atoms with Crippen molar-refractivity contribution in [3.05, 3.63) is 48.3 Å². The SMILES string of the molecule is Cn1ccnc1C(=O)N1CCOCC(O)(COc2cccc(F)c2)C1. The third-order valence-corrected chi connectivity index (χ3v) is 3.96. The van der Waals surface area contributed by atoms with E-state index >= 15 is 0 Å². The average molecular weight is 349 g/mol.